The summed E-state index contributed by atoms with van der Waals surface area (Å²) in [5.41, 5.74) is 3.21. The fourth-order valence-electron chi connectivity index (χ4n) is 3.27. The van der Waals surface area contributed by atoms with E-state index in [-0.39, 0.29) is 18.2 Å². The monoisotopic (exact) mass is 390 g/mol. The molecular formula is C20H18N6O3. The number of benzene rings is 1. The van der Waals surface area contributed by atoms with Crippen LogP contribution in [-0.2, 0) is 4.74 Å². The Hall–Kier alpha value is -3.43. The van der Waals surface area contributed by atoms with E-state index in [2.05, 4.69) is 20.2 Å². The highest BCUT2D eigenvalue weighted by Gasteiger charge is 2.21. The molecule has 9 nitrogen and oxygen atoms in total. The van der Waals surface area contributed by atoms with Gasteiger partial charge in [0.1, 0.15) is 0 Å². The van der Waals surface area contributed by atoms with E-state index in [1.54, 1.807) is 10.7 Å². The standard InChI is InChI=1S/C20H18N6O3/c27-17(13-25-7-9-28-10-8-25)20-23-19(24-29-20)15-4-1-3-14(11-15)16-12-26-18(22-16)5-2-6-21-26/h1-6,11-12H,7-10,13H2. The lowest BCUT2D eigenvalue weighted by Gasteiger charge is -2.25. The molecule has 4 aromatic rings. The first kappa shape index (κ1) is 17.7. The van der Waals surface area contributed by atoms with Gasteiger partial charge in [0.2, 0.25) is 11.6 Å². The zero-order valence-electron chi connectivity index (χ0n) is 15.6. The molecule has 3 aromatic heterocycles. The second kappa shape index (κ2) is 7.53. The highest BCUT2D eigenvalue weighted by atomic mass is 16.5. The summed E-state index contributed by atoms with van der Waals surface area (Å²) in [4.78, 5) is 23.4. The SMILES string of the molecule is O=C(CN1CCOCC1)c1nc(-c2cccc(-c3cn4ncccc4n3)c2)no1. The number of hydrogen-bond donors (Lipinski definition) is 0. The van der Waals surface area contributed by atoms with Crippen molar-refractivity contribution in [1.82, 2.24) is 29.6 Å². The molecule has 1 saturated heterocycles. The summed E-state index contributed by atoms with van der Waals surface area (Å²) in [6.07, 6.45) is 3.58. The number of hydrogen-bond acceptors (Lipinski definition) is 8. The fourth-order valence-corrected chi connectivity index (χ4v) is 3.27. The van der Waals surface area contributed by atoms with Gasteiger partial charge in [-0.1, -0.05) is 23.4 Å². The molecule has 29 heavy (non-hydrogen) atoms. The smallest absolute Gasteiger partial charge is 0.295 e. The summed E-state index contributed by atoms with van der Waals surface area (Å²) in [7, 11) is 0. The second-order valence-corrected chi connectivity index (χ2v) is 6.77. The van der Waals surface area contributed by atoms with E-state index >= 15 is 0 Å². The number of morpholine rings is 1. The molecule has 1 aliphatic rings. The largest absolute Gasteiger partial charge is 0.379 e. The van der Waals surface area contributed by atoms with Crippen molar-refractivity contribution in [3.63, 3.8) is 0 Å². The van der Waals surface area contributed by atoms with Crippen molar-refractivity contribution >= 4 is 11.4 Å². The van der Waals surface area contributed by atoms with E-state index in [9.17, 15) is 4.79 Å². The molecule has 1 aromatic carbocycles. The number of Topliss-reactive ketones (excluding diaryl/α,β-unsaturated/α-hetero) is 1. The van der Waals surface area contributed by atoms with Crippen molar-refractivity contribution in [2.24, 2.45) is 0 Å². The maximum absolute atomic E-state index is 12.4. The first-order chi connectivity index (χ1) is 14.3. The van der Waals surface area contributed by atoms with E-state index < -0.39 is 0 Å². The molecule has 4 heterocycles. The average molecular weight is 390 g/mol. The minimum absolute atomic E-state index is 0.0221. The lowest BCUT2D eigenvalue weighted by atomic mass is 10.1. The van der Waals surface area contributed by atoms with Gasteiger partial charge >= 0.3 is 0 Å². The Morgan fingerprint density at radius 2 is 1.93 bits per heavy atom. The molecule has 0 bridgehead atoms. The van der Waals surface area contributed by atoms with Gasteiger partial charge < -0.3 is 9.26 Å². The number of aromatic nitrogens is 5. The third-order valence-corrected chi connectivity index (χ3v) is 4.79. The fraction of sp³-hybridized carbons (Fsp3) is 0.250. The summed E-state index contributed by atoms with van der Waals surface area (Å²) >= 11 is 0. The van der Waals surface area contributed by atoms with Crippen LogP contribution in [0.1, 0.15) is 10.7 Å². The molecular weight excluding hydrogens is 372 g/mol. The normalized spacial score (nSPS) is 15.0. The number of ketones is 1. The summed E-state index contributed by atoms with van der Waals surface area (Å²) < 4.78 is 12.2. The summed E-state index contributed by atoms with van der Waals surface area (Å²) in [6, 6.07) is 11.4. The second-order valence-electron chi connectivity index (χ2n) is 6.77. The number of rotatable bonds is 5. The molecule has 0 saturated carbocycles. The van der Waals surface area contributed by atoms with Crippen LogP contribution in [0.15, 0.2) is 53.3 Å². The number of carbonyl (C=O) groups is 1. The molecule has 1 aliphatic heterocycles. The quantitative estimate of drug-likeness (QED) is 0.477. The minimum atomic E-state index is -0.187. The first-order valence-electron chi connectivity index (χ1n) is 9.34. The van der Waals surface area contributed by atoms with Crippen LogP contribution in [0.4, 0.5) is 0 Å². The van der Waals surface area contributed by atoms with E-state index in [1.807, 2.05) is 47.5 Å². The van der Waals surface area contributed by atoms with Gasteiger partial charge in [-0.3, -0.25) is 9.69 Å². The topological polar surface area (TPSA) is 98.7 Å². The van der Waals surface area contributed by atoms with Gasteiger partial charge in [-0.2, -0.15) is 10.1 Å². The summed E-state index contributed by atoms with van der Waals surface area (Å²) in [5, 5.41) is 8.23. The lowest BCUT2D eigenvalue weighted by Crippen LogP contribution is -2.39. The van der Waals surface area contributed by atoms with Crippen LogP contribution in [-0.4, -0.2) is 68.3 Å². The van der Waals surface area contributed by atoms with Crippen molar-refractivity contribution in [1.29, 1.82) is 0 Å². The summed E-state index contributed by atoms with van der Waals surface area (Å²) in [5.74, 6) is 0.209. The zero-order chi connectivity index (χ0) is 19.6. The van der Waals surface area contributed by atoms with Crippen LogP contribution in [0.5, 0.6) is 0 Å². The average Bonchev–Trinajstić information content (AvgIpc) is 3.42. The third kappa shape index (κ3) is 3.65. The Bertz CT molecular complexity index is 1130. The molecule has 5 rings (SSSR count). The van der Waals surface area contributed by atoms with Gasteiger partial charge in [-0.25, -0.2) is 9.50 Å². The van der Waals surface area contributed by atoms with Gasteiger partial charge in [-0.15, -0.1) is 0 Å². The predicted molar refractivity (Wildman–Crippen MR) is 103 cm³/mol. The molecule has 1 fully saturated rings. The highest BCUT2D eigenvalue weighted by molar-refractivity contribution is 5.93. The maximum Gasteiger partial charge on any atom is 0.295 e. The first-order valence-corrected chi connectivity index (χ1v) is 9.34. The van der Waals surface area contributed by atoms with E-state index in [1.165, 1.54) is 0 Å². The zero-order valence-corrected chi connectivity index (χ0v) is 15.6. The van der Waals surface area contributed by atoms with Gasteiger partial charge in [0.15, 0.2) is 5.65 Å². The van der Waals surface area contributed by atoms with Gasteiger partial charge in [0.05, 0.1) is 31.6 Å². The molecule has 0 aliphatic carbocycles. The van der Waals surface area contributed by atoms with Crippen LogP contribution >= 0.6 is 0 Å². The van der Waals surface area contributed by atoms with Crippen molar-refractivity contribution < 1.29 is 14.1 Å². The molecule has 0 spiro atoms. The Kier molecular flexibility index (Phi) is 4.59. The van der Waals surface area contributed by atoms with E-state index in [0.29, 0.717) is 19.0 Å². The Morgan fingerprint density at radius 1 is 1.07 bits per heavy atom. The van der Waals surface area contributed by atoms with Gasteiger partial charge in [0, 0.05) is 30.4 Å². The van der Waals surface area contributed by atoms with Crippen LogP contribution in [0.2, 0.25) is 0 Å². The molecule has 0 radical (unpaired) electrons. The molecule has 0 N–H and O–H groups in total. The van der Waals surface area contributed by atoms with Crippen molar-refractivity contribution in [2.75, 3.05) is 32.8 Å². The Balaban J connectivity index is 1.37. The van der Waals surface area contributed by atoms with Crippen LogP contribution in [0.25, 0.3) is 28.3 Å². The lowest BCUT2D eigenvalue weighted by molar-refractivity contribution is 0.0361. The van der Waals surface area contributed by atoms with Crippen molar-refractivity contribution in [2.45, 2.75) is 0 Å². The molecule has 0 atom stereocenters. The van der Waals surface area contributed by atoms with Crippen LogP contribution < -0.4 is 0 Å². The molecule has 0 unspecified atom stereocenters. The molecule has 0 amide bonds. The Morgan fingerprint density at radius 3 is 2.79 bits per heavy atom. The van der Waals surface area contributed by atoms with E-state index in [0.717, 1.165) is 35.6 Å². The number of fused-ring (bicyclic) bond motifs is 1. The molecule has 9 heteroatoms. The highest BCUT2D eigenvalue weighted by Crippen LogP contribution is 2.24. The Labute approximate surface area is 165 Å². The van der Waals surface area contributed by atoms with Crippen LogP contribution in [0, 0.1) is 0 Å². The summed E-state index contributed by atoms with van der Waals surface area (Å²) in [6.45, 7) is 2.96. The molecule has 146 valence electrons. The third-order valence-electron chi connectivity index (χ3n) is 4.79. The van der Waals surface area contributed by atoms with Gasteiger partial charge in [-0.05, 0) is 18.2 Å². The van der Waals surface area contributed by atoms with Crippen molar-refractivity contribution in [3.05, 3.63) is 54.7 Å². The van der Waals surface area contributed by atoms with E-state index in [4.69, 9.17) is 9.26 Å². The van der Waals surface area contributed by atoms with Crippen LogP contribution in [0.3, 0.4) is 0 Å². The number of ether oxygens (including phenoxy) is 1. The number of nitrogens with zero attached hydrogens (tertiary/aromatic N) is 6. The number of imidazole rings is 1. The number of carbonyl (C=O) groups excluding carboxylic acids is 1. The van der Waals surface area contributed by atoms with Gasteiger partial charge in [0.25, 0.3) is 5.89 Å². The predicted octanol–water partition coefficient (Wildman–Crippen LogP) is 1.96. The maximum atomic E-state index is 12.4. The van der Waals surface area contributed by atoms with Crippen molar-refractivity contribution in [3.8, 4) is 22.6 Å². The minimum Gasteiger partial charge on any atom is -0.379 e.